The maximum Gasteiger partial charge on any atom is 0.264 e. The van der Waals surface area contributed by atoms with E-state index in [1.165, 1.54) is 28.6 Å². The molecule has 11 heteroatoms. The van der Waals surface area contributed by atoms with E-state index < -0.39 is 26.0 Å². The van der Waals surface area contributed by atoms with Gasteiger partial charge in [-0.3, -0.25) is 9.10 Å². The second-order valence-corrected chi connectivity index (χ2v) is 12.1. The predicted molar refractivity (Wildman–Crippen MR) is 149 cm³/mol. The van der Waals surface area contributed by atoms with E-state index in [-0.39, 0.29) is 22.9 Å². The number of amides is 1. The van der Waals surface area contributed by atoms with Crippen molar-refractivity contribution in [1.82, 2.24) is 0 Å². The summed E-state index contributed by atoms with van der Waals surface area (Å²) in [6.07, 6.45) is 0. The van der Waals surface area contributed by atoms with Crippen molar-refractivity contribution in [3.05, 3.63) is 114 Å². The number of primary sulfonamides is 1. The summed E-state index contributed by atoms with van der Waals surface area (Å²) in [6, 6.07) is 27.8. The van der Waals surface area contributed by atoms with Crippen molar-refractivity contribution >= 4 is 37.3 Å². The number of carbonyl (C=O) groups is 1. The number of nitrogens with zero attached hydrogens (tertiary/aromatic N) is 1. The van der Waals surface area contributed by atoms with Crippen molar-refractivity contribution in [1.29, 1.82) is 0 Å². The Labute approximate surface area is 228 Å². The van der Waals surface area contributed by atoms with Crippen molar-refractivity contribution in [2.45, 2.75) is 23.3 Å². The summed E-state index contributed by atoms with van der Waals surface area (Å²) in [6.45, 7) is 1.71. The Morgan fingerprint density at radius 2 is 1.38 bits per heavy atom. The summed E-state index contributed by atoms with van der Waals surface area (Å²) in [4.78, 5) is 12.4. The van der Waals surface area contributed by atoms with E-state index in [2.05, 4.69) is 5.32 Å². The van der Waals surface area contributed by atoms with Gasteiger partial charge in [-0.2, -0.15) is 0 Å². The molecule has 0 aliphatic carbocycles. The zero-order chi connectivity index (χ0) is 28.0. The lowest BCUT2D eigenvalue weighted by molar-refractivity contribution is -0.118. The largest absolute Gasteiger partial charge is 0.484 e. The quantitative estimate of drug-likeness (QED) is 0.298. The van der Waals surface area contributed by atoms with Crippen LogP contribution in [0.4, 0.5) is 11.4 Å². The molecule has 0 spiro atoms. The first-order chi connectivity index (χ1) is 18.5. The third kappa shape index (κ3) is 7.23. The van der Waals surface area contributed by atoms with Gasteiger partial charge < -0.3 is 10.1 Å². The third-order valence-electron chi connectivity index (χ3n) is 5.74. The maximum absolute atomic E-state index is 13.6. The number of nitrogens with two attached hydrogens (primary N) is 1. The molecule has 0 aromatic heterocycles. The van der Waals surface area contributed by atoms with Crippen molar-refractivity contribution in [3.8, 4) is 5.75 Å². The van der Waals surface area contributed by atoms with Gasteiger partial charge in [0.2, 0.25) is 10.0 Å². The number of sulfonamides is 2. The number of rotatable bonds is 10. The average Bonchev–Trinajstić information content (AvgIpc) is 2.91. The molecule has 0 radical (unpaired) electrons. The lowest BCUT2D eigenvalue weighted by Gasteiger charge is -2.25. The molecule has 4 rings (SSSR count). The van der Waals surface area contributed by atoms with Crippen LogP contribution in [0.15, 0.2) is 113 Å². The van der Waals surface area contributed by atoms with Crippen LogP contribution in [0, 0.1) is 6.92 Å². The first-order valence-corrected chi connectivity index (χ1v) is 14.8. The van der Waals surface area contributed by atoms with E-state index in [9.17, 15) is 21.6 Å². The molecule has 39 heavy (non-hydrogen) atoms. The summed E-state index contributed by atoms with van der Waals surface area (Å²) in [5.41, 5.74) is 2.59. The fraction of sp³-hybridized carbons (Fsp3) is 0.107. The number of benzene rings is 4. The molecule has 0 bridgehead atoms. The van der Waals surface area contributed by atoms with Crippen LogP contribution in [-0.2, 0) is 31.4 Å². The number of anilines is 2. The van der Waals surface area contributed by atoms with Crippen LogP contribution in [0.2, 0.25) is 0 Å². The summed E-state index contributed by atoms with van der Waals surface area (Å²) in [7, 11) is -7.70. The lowest BCUT2D eigenvalue weighted by atomic mass is 10.2. The van der Waals surface area contributed by atoms with Gasteiger partial charge in [0.25, 0.3) is 15.9 Å². The minimum atomic E-state index is -3.87. The minimum Gasteiger partial charge on any atom is -0.484 e. The van der Waals surface area contributed by atoms with Crippen LogP contribution in [0.1, 0.15) is 11.1 Å². The summed E-state index contributed by atoms with van der Waals surface area (Å²) >= 11 is 0. The fourth-order valence-corrected chi connectivity index (χ4v) is 5.65. The molecule has 0 heterocycles. The van der Waals surface area contributed by atoms with E-state index in [0.29, 0.717) is 17.1 Å². The SMILES string of the molecule is Cc1ccc(S(=O)(=O)N(Cc2ccccc2)c2ccc(OCC(=O)Nc3ccc(S(N)(=O)=O)cc3)cc2)cc1. The van der Waals surface area contributed by atoms with Crippen molar-refractivity contribution in [3.63, 3.8) is 0 Å². The van der Waals surface area contributed by atoms with Gasteiger partial charge in [0, 0.05) is 5.69 Å². The Morgan fingerprint density at radius 1 is 0.795 bits per heavy atom. The Bertz CT molecular complexity index is 1640. The zero-order valence-electron chi connectivity index (χ0n) is 21.0. The van der Waals surface area contributed by atoms with Crippen molar-refractivity contribution < 1.29 is 26.4 Å². The Hall–Kier alpha value is -4.19. The molecule has 1 amide bonds. The highest BCUT2D eigenvalue weighted by atomic mass is 32.2. The van der Waals surface area contributed by atoms with E-state index in [1.807, 2.05) is 37.3 Å². The van der Waals surface area contributed by atoms with Crippen LogP contribution in [0.5, 0.6) is 5.75 Å². The highest BCUT2D eigenvalue weighted by Gasteiger charge is 2.25. The van der Waals surface area contributed by atoms with Gasteiger partial charge in [0.15, 0.2) is 6.61 Å². The van der Waals surface area contributed by atoms with Crippen LogP contribution < -0.4 is 19.5 Å². The summed E-state index contributed by atoms with van der Waals surface area (Å²) in [5.74, 6) is -0.0963. The van der Waals surface area contributed by atoms with E-state index in [1.54, 1.807) is 48.5 Å². The van der Waals surface area contributed by atoms with E-state index in [0.717, 1.165) is 11.1 Å². The standard InChI is InChI=1S/C28H27N3O6S2/c1-21-7-15-27(16-8-21)39(35,36)31(19-22-5-3-2-4-6-22)24-11-13-25(14-12-24)37-20-28(32)30-23-9-17-26(18-10-23)38(29,33)34/h2-18H,19-20H2,1H3,(H,30,32)(H2,29,33,34). The van der Waals surface area contributed by atoms with Gasteiger partial charge in [-0.25, -0.2) is 22.0 Å². The Balaban J connectivity index is 1.47. The summed E-state index contributed by atoms with van der Waals surface area (Å²) in [5, 5.41) is 7.68. The number of carbonyl (C=O) groups excluding carboxylic acids is 1. The minimum absolute atomic E-state index is 0.0671. The fourth-order valence-electron chi connectivity index (χ4n) is 3.68. The molecule has 202 valence electrons. The van der Waals surface area contributed by atoms with Gasteiger partial charge in [0.05, 0.1) is 22.0 Å². The monoisotopic (exact) mass is 565 g/mol. The molecule has 4 aromatic carbocycles. The molecule has 0 aliphatic heterocycles. The topological polar surface area (TPSA) is 136 Å². The number of aryl methyl sites for hydroxylation is 1. The predicted octanol–water partition coefficient (Wildman–Crippen LogP) is 4.06. The van der Waals surface area contributed by atoms with Crippen molar-refractivity contribution in [2.75, 3.05) is 16.2 Å². The van der Waals surface area contributed by atoms with E-state index in [4.69, 9.17) is 9.88 Å². The Kier molecular flexibility index (Phi) is 8.34. The second-order valence-electron chi connectivity index (χ2n) is 8.71. The molecule has 9 nitrogen and oxygen atoms in total. The first kappa shape index (κ1) is 27.8. The van der Waals surface area contributed by atoms with Crippen LogP contribution in [-0.4, -0.2) is 29.3 Å². The molecular formula is C28H27N3O6S2. The van der Waals surface area contributed by atoms with E-state index >= 15 is 0 Å². The molecule has 0 unspecified atom stereocenters. The highest BCUT2D eigenvalue weighted by Crippen LogP contribution is 2.28. The molecular weight excluding hydrogens is 538 g/mol. The molecule has 0 saturated carbocycles. The third-order valence-corrected chi connectivity index (χ3v) is 8.46. The van der Waals surface area contributed by atoms with Gasteiger partial charge >= 0.3 is 0 Å². The number of ether oxygens (including phenoxy) is 1. The number of hydrogen-bond acceptors (Lipinski definition) is 6. The highest BCUT2D eigenvalue weighted by molar-refractivity contribution is 7.92. The first-order valence-electron chi connectivity index (χ1n) is 11.8. The molecule has 0 atom stereocenters. The second kappa shape index (κ2) is 11.7. The molecule has 4 aromatic rings. The maximum atomic E-state index is 13.6. The molecule has 3 N–H and O–H groups in total. The van der Waals surface area contributed by atoms with Gasteiger partial charge in [-0.1, -0.05) is 48.0 Å². The molecule has 0 fully saturated rings. The lowest BCUT2D eigenvalue weighted by Crippen LogP contribution is -2.30. The van der Waals surface area contributed by atoms with Crippen LogP contribution >= 0.6 is 0 Å². The molecule has 0 saturated heterocycles. The van der Waals surface area contributed by atoms with Crippen molar-refractivity contribution in [2.24, 2.45) is 5.14 Å². The summed E-state index contributed by atoms with van der Waals surface area (Å²) < 4.78 is 56.8. The van der Waals surface area contributed by atoms with Gasteiger partial charge in [0.1, 0.15) is 5.75 Å². The van der Waals surface area contributed by atoms with Gasteiger partial charge in [-0.05, 0) is 73.2 Å². The number of nitrogens with one attached hydrogen (secondary N) is 1. The normalized spacial score (nSPS) is 11.5. The van der Waals surface area contributed by atoms with Crippen LogP contribution in [0.3, 0.4) is 0 Å². The van der Waals surface area contributed by atoms with Gasteiger partial charge in [-0.15, -0.1) is 0 Å². The zero-order valence-corrected chi connectivity index (χ0v) is 22.7. The number of hydrogen-bond donors (Lipinski definition) is 2. The van der Waals surface area contributed by atoms with Crippen LogP contribution in [0.25, 0.3) is 0 Å². The molecule has 0 aliphatic rings. The Morgan fingerprint density at radius 3 is 1.97 bits per heavy atom. The smallest absolute Gasteiger partial charge is 0.264 e. The average molecular weight is 566 g/mol.